The van der Waals surface area contributed by atoms with Crippen LogP contribution in [0.2, 0.25) is 0 Å². The number of benzene rings is 4. The van der Waals surface area contributed by atoms with Crippen molar-refractivity contribution in [2.75, 3.05) is 5.73 Å². The fourth-order valence-corrected chi connectivity index (χ4v) is 4.93. The zero-order chi connectivity index (χ0) is 17.5. The van der Waals surface area contributed by atoms with Crippen LogP contribution in [0.15, 0.2) is 91.0 Å². The second kappa shape index (κ2) is 6.01. The smallest absolute Gasteiger partial charge is 0.0434 e. The molecule has 4 aromatic carbocycles. The van der Waals surface area contributed by atoms with E-state index in [1.165, 1.54) is 42.4 Å². The summed E-state index contributed by atoms with van der Waals surface area (Å²) in [5, 5.41) is 2.64. The number of nitrogen functional groups attached to an aromatic ring is 1. The minimum atomic E-state index is 0.795. The van der Waals surface area contributed by atoms with Crippen LogP contribution in [0.5, 0.6) is 0 Å². The number of thiophene rings is 1. The van der Waals surface area contributed by atoms with Gasteiger partial charge in [0.15, 0.2) is 0 Å². The first-order valence-electron chi connectivity index (χ1n) is 8.67. The maximum absolute atomic E-state index is 5.87. The van der Waals surface area contributed by atoms with E-state index in [4.69, 9.17) is 5.73 Å². The summed E-state index contributed by atoms with van der Waals surface area (Å²) in [6.45, 7) is 0. The zero-order valence-corrected chi connectivity index (χ0v) is 15.0. The third-order valence-corrected chi connectivity index (χ3v) is 6.12. The van der Waals surface area contributed by atoms with Crippen LogP contribution in [0.4, 0.5) is 5.69 Å². The summed E-state index contributed by atoms with van der Waals surface area (Å²) in [5.74, 6) is 0. The van der Waals surface area contributed by atoms with Gasteiger partial charge in [-0.3, -0.25) is 0 Å². The first-order chi connectivity index (χ1) is 12.8. The molecule has 0 saturated carbocycles. The van der Waals surface area contributed by atoms with E-state index in [0.717, 1.165) is 5.69 Å². The van der Waals surface area contributed by atoms with E-state index in [1.54, 1.807) is 0 Å². The van der Waals surface area contributed by atoms with Crippen molar-refractivity contribution in [3.05, 3.63) is 91.0 Å². The molecule has 5 aromatic rings. The van der Waals surface area contributed by atoms with Gasteiger partial charge >= 0.3 is 0 Å². The molecule has 1 nitrogen and oxygen atoms in total. The van der Waals surface area contributed by atoms with Gasteiger partial charge in [-0.25, -0.2) is 0 Å². The normalized spacial score (nSPS) is 11.2. The Balaban J connectivity index is 1.82. The molecule has 0 aliphatic rings. The molecule has 5 rings (SSSR count). The Labute approximate surface area is 156 Å². The van der Waals surface area contributed by atoms with E-state index >= 15 is 0 Å². The average molecular weight is 351 g/mol. The molecule has 0 atom stereocenters. The first kappa shape index (κ1) is 15.2. The number of fused-ring (bicyclic) bond motifs is 3. The summed E-state index contributed by atoms with van der Waals surface area (Å²) >= 11 is 1.88. The second-order valence-electron chi connectivity index (χ2n) is 6.45. The van der Waals surface area contributed by atoms with Gasteiger partial charge in [0.05, 0.1) is 0 Å². The summed E-state index contributed by atoms with van der Waals surface area (Å²) in [7, 11) is 0. The van der Waals surface area contributed by atoms with Crippen LogP contribution in [0.25, 0.3) is 42.4 Å². The van der Waals surface area contributed by atoms with E-state index < -0.39 is 0 Å². The van der Waals surface area contributed by atoms with Crippen LogP contribution >= 0.6 is 11.3 Å². The van der Waals surface area contributed by atoms with E-state index in [2.05, 4.69) is 78.9 Å². The summed E-state index contributed by atoms with van der Waals surface area (Å²) in [6.07, 6.45) is 0. The first-order valence-corrected chi connectivity index (χ1v) is 9.48. The van der Waals surface area contributed by atoms with Gasteiger partial charge in [0.1, 0.15) is 0 Å². The topological polar surface area (TPSA) is 26.0 Å². The van der Waals surface area contributed by atoms with Crippen molar-refractivity contribution in [1.82, 2.24) is 0 Å². The van der Waals surface area contributed by atoms with Gasteiger partial charge in [0.2, 0.25) is 0 Å². The molecule has 0 radical (unpaired) electrons. The van der Waals surface area contributed by atoms with Gasteiger partial charge in [-0.1, -0.05) is 78.9 Å². The quantitative estimate of drug-likeness (QED) is 0.341. The molecule has 2 heteroatoms. The van der Waals surface area contributed by atoms with Crippen molar-refractivity contribution in [1.29, 1.82) is 0 Å². The molecule has 1 aromatic heterocycles. The summed E-state index contributed by atoms with van der Waals surface area (Å²) < 4.78 is 2.67. The lowest BCUT2D eigenvalue weighted by Crippen LogP contribution is -1.84. The Morgan fingerprint density at radius 2 is 1.04 bits per heavy atom. The Morgan fingerprint density at radius 1 is 0.500 bits per heavy atom. The molecule has 1 heterocycles. The van der Waals surface area contributed by atoms with E-state index in [-0.39, 0.29) is 0 Å². The third kappa shape index (κ3) is 2.39. The summed E-state index contributed by atoms with van der Waals surface area (Å²) in [5.41, 5.74) is 11.7. The Bertz CT molecular complexity index is 1220. The number of hydrogen-bond acceptors (Lipinski definition) is 2. The third-order valence-electron chi connectivity index (χ3n) is 4.83. The van der Waals surface area contributed by atoms with E-state index in [1.807, 2.05) is 23.5 Å². The largest absolute Gasteiger partial charge is 0.399 e. The molecular formula is C24H17NS. The van der Waals surface area contributed by atoms with Crippen molar-refractivity contribution < 1.29 is 0 Å². The molecule has 0 fully saturated rings. The van der Waals surface area contributed by atoms with Gasteiger partial charge in [0, 0.05) is 25.9 Å². The van der Waals surface area contributed by atoms with Crippen LogP contribution in [-0.2, 0) is 0 Å². The minimum Gasteiger partial charge on any atom is -0.399 e. The van der Waals surface area contributed by atoms with Gasteiger partial charge in [-0.15, -0.1) is 11.3 Å². The molecule has 0 aliphatic heterocycles. The highest BCUT2D eigenvalue weighted by atomic mass is 32.1. The van der Waals surface area contributed by atoms with Crippen LogP contribution in [0, 0.1) is 0 Å². The summed E-state index contributed by atoms with van der Waals surface area (Å²) in [6, 6.07) is 31.9. The van der Waals surface area contributed by atoms with Crippen LogP contribution in [0.3, 0.4) is 0 Å². The zero-order valence-electron chi connectivity index (χ0n) is 14.1. The maximum atomic E-state index is 5.87. The monoisotopic (exact) mass is 351 g/mol. The molecule has 0 unspecified atom stereocenters. The molecular weight excluding hydrogens is 334 g/mol. The van der Waals surface area contributed by atoms with Crippen molar-refractivity contribution in [3.63, 3.8) is 0 Å². The second-order valence-corrected chi connectivity index (χ2v) is 7.48. The van der Waals surface area contributed by atoms with E-state index in [9.17, 15) is 0 Å². The highest BCUT2D eigenvalue weighted by Gasteiger charge is 2.13. The van der Waals surface area contributed by atoms with Gasteiger partial charge in [-0.05, 0) is 34.4 Å². The Hall–Kier alpha value is -3.10. The van der Waals surface area contributed by atoms with Crippen molar-refractivity contribution in [2.24, 2.45) is 0 Å². The van der Waals surface area contributed by atoms with Crippen molar-refractivity contribution >= 4 is 37.2 Å². The Morgan fingerprint density at radius 3 is 1.62 bits per heavy atom. The van der Waals surface area contributed by atoms with Crippen LogP contribution in [0.1, 0.15) is 0 Å². The SMILES string of the molecule is Nc1ccc(-c2cccc3c2sc2c(-c4ccccc4)cccc23)cc1. The molecule has 0 saturated heterocycles. The van der Waals surface area contributed by atoms with Crippen molar-refractivity contribution in [3.8, 4) is 22.3 Å². The van der Waals surface area contributed by atoms with Gasteiger partial charge < -0.3 is 5.73 Å². The van der Waals surface area contributed by atoms with Gasteiger partial charge in [0.25, 0.3) is 0 Å². The average Bonchev–Trinajstić information content (AvgIpc) is 3.08. The maximum Gasteiger partial charge on any atom is 0.0434 e. The molecule has 124 valence electrons. The highest BCUT2D eigenvalue weighted by Crippen LogP contribution is 2.43. The lowest BCUT2D eigenvalue weighted by Gasteiger charge is -2.04. The standard InChI is InChI=1S/C24H17NS/c25-18-14-12-17(13-15-18)20-9-5-11-22-21-10-4-8-19(23(21)26-24(20)22)16-6-2-1-3-7-16/h1-15H,25H2. The molecule has 0 amide bonds. The number of anilines is 1. The van der Waals surface area contributed by atoms with Crippen LogP contribution < -0.4 is 5.73 Å². The fourth-order valence-electron chi connectivity index (χ4n) is 3.56. The lowest BCUT2D eigenvalue weighted by atomic mass is 10.0. The number of hydrogen-bond donors (Lipinski definition) is 1. The van der Waals surface area contributed by atoms with Gasteiger partial charge in [-0.2, -0.15) is 0 Å². The Kier molecular flexibility index (Phi) is 3.51. The van der Waals surface area contributed by atoms with Crippen molar-refractivity contribution in [2.45, 2.75) is 0 Å². The molecule has 0 bridgehead atoms. The molecule has 0 spiro atoms. The molecule has 2 N–H and O–H groups in total. The van der Waals surface area contributed by atoms with E-state index in [0.29, 0.717) is 0 Å². The molecule has 0 aliphatic carbocycles. The summed E-state index contributed by atoms with van der Waals surface area (Å²) in [4.78, 5) is 0. The predicted octanol–water partition coefficient (Wildman–Crippen LogP) is 6.97. The lowest BCUT2D eigenvalue weighted by molar-refractivity contribution is 1.66. The number of rotatable bonds is 2. The fraction of sp³-hybridized carbons (Fsp3) is 0. The highest BCUT2D eigenvalue weighted by molar-refractivity contribution is 7.26. The molecule has 26 heavy (non-hydrogen) atoms. The minimum absolute atomic E-state index is 0.795. The number of nitrogens with two attached hydrogens (primary N) is 1. The van der Waals surface area contributed by atoms with Crippen LogP contribution in [-0.4, -0.2) is 0 Å². The predicted molar refractivity (Wildman–Crippen MR) is 115 cm³/mol.